The third-order valence-corrected chi connectivity index (χ3v) is 6.62. The van der Waals surface area contributed by atoms with Crippen molar-refractivity contribution in [1.29, 1.82) is 0 Å². The number of hydrogen-bond acceptors (Lipinski definition) is 4. The minimum atomic E-state index is -3.92. The number of rotatable bonds is 6. The van der Waals surface area contributed by atoms with E-state index >= 15 is 0 Å². The highest BCUT2D eigenvalue weighted by molar-refractivity contribution is 7.92. The number of aryl methyl sites for hydroxylation is 2. The van der Waals surface area contributed by atoms with Crippen molar-refractivity contribution in [3.05, 3.63) is 59.7 Å². The van der Waals surface area contributed by atoms with Crippen LogP contribution in [0.5, 0.6) is 0 Å². The van der Waals surface area contributed by atoms with Gasteiger partial charge in [0.05, 0.1) is 10.6 Å². The van der Waals surface area contributed by atoms with Gasteiger partial charge < -0.3 is 0 Å². The maximum absolute atomic E-state index is 13.3. The van der Waals surface area contributed by atoms with Gasteiger partial charge in [-0.2, -0.15) is 5.10 Å². The van der Waals surface area contributed by atoms with E-state index in [1.165, 1.54) is 12.1 Å². The van der Waals surface area contributed by atoms with Crippen molar-refractivity contribution in [3.8, 4) is 0 Å². The average molecular weight is 416 g/mol. The zero-order valence-electron chi connectivity index (χ0n) is 17.9. The summed E-state index contributed by atoms with van der Waals surface area (Å²) in [5.41, 5.74) is 5.45. The highest BCUT2D eigenvalue weighted by Gasteiger charge is 2.27. The number of benzene rings is 2. The molecule has 156 valence electrons. The smallest absolute Gasteiger partial charge is 0.264 e. The number of carbonyl (C=O) groups excluding carboxylic acids is 1. The third-order valence-electron chi connectivity index (χ3n) is 4.83. The van der Waals surface area contributed by atoms with E-state index in [-0.39, 0.29) is 16.9 Å². The molecule has 0 aromatic heterocycles. The first kappa shape index (κ1) is 22.6. The Morgan fingerprint density at radius 2 is 1.66 bits per heavy atom. The average Bonchev–Trinajstić information content (AvgIpc) is 2.66. The van der Waals surface area contributed by atoms with E-state index in [1.807, 2.05) is 47.6 Å². The van der Waals surface area contributed by atoms with Gasteiger partial charge in [0.25, 0.3) is 15.9 Å². The second-order valence-electron chi connectivity index (χ2n) is 8.08. The molecule has 29 heavy (non-hydrogen) atoms. The summed E-state index contributed by atoms with van der Waals surface area (Å²) in [6.07, 6.45) is 0. The fourth-order valence-electron chi connectivity index (χ4n) is 2.40. The van der Waals surface area contributed by atoms with Crippen molar-refractivity contribution >= 4 is 27.3 Å². The number of nitrogens with zero attached hydrogens (tertiary/aromatic N) is 2. The highest BCUT2D eigenvalue weighted by Crippen LogP contribution is 2.25. The summed E-state index contributed by atoms with van der Waals surface area (Å²) in [5, 5.41) is 4.12. The molecule has 6 nitrogen and oxygen atoms in total. The Bertz CT molecular complexity index is 1010. The summed E-state index contributed by atoms with van der Waals surface area (Å²) in [6, 6.07) is 13.4. The fraction of sp³-hybridized carbons (Fsp3) is 0.364. The van der Waals surface area contributed by atoms with Crippen LogP contribution in [0.4, 0.5) is 5.69 Å². The minimum absolute atomic E-state index is 0.125. The SMILES string of the molecule is C/C(=N/NC(=O)CN(c1ccc(C)c(C)c1)S(=O)(=O)c1ccccc1)C(C)(C)C. The first-order chi connectivity index (χ1) is 13.4. The Morgan fingerprint density at radius 3 is 2.21 bits per heavy atom. The monoisotopic (exact) mass is 415 g/mol. The molecule has 0 saturated heterocycles. The van der Waals surface area contributed by atoms with E-state index in [0.29, 0.717) is 5.69 Å². The Morgan fingerprint density at radius 1 is 1.03 bits per heavy atom. The van der Waals surface area contributed by atoms with Crippen LogP contribution >= 0.6 is 0 Å². The molecule has 1 N–H and O–H groups in total. The Kier molecular flexibility index (Phi) is 6.85. The summed E-state index contributed by atoms with van der Waals surface area (Å²) >= 11 is 0. The van der Waals surface area contributed by atoms with Gasteiger partial charge in [0.15, 0.2) is 0 Å². The van der Waals surface area contributed by atoms with Gasteiger partial charge in [-0.25, -0.2) is 13.8 Å². The number of nitrogens with one attached hydrogen (secondary N) is 1. The molecule has 1 amide bonds. The first-order valence-corrected chi connectivity index (χ1v) is 10.9. The minimum Gasteiger partial charge on any atom is -0.271 e. The number of carbonyl (C=O) groups is 1. The summed E-state index contributed by atoms with van der Waals surface area (Å²) in [5.74, 6) is -0.508. The Labute approximate surface area is 173 Å². The van der Waals surface area contributed by atoms with Gasteiger partial charge in [0, 0.05) is 11.1 Å². The fourth-order valence-corrected chi connectivity index (χ4v) is 3.83. The number of hydrazone groups is 1. The van der Waals surface area contributed by atoms with Crippen LogP contribution in [-0.4, -0.2) is 26.6 Å². The second kappa shape index (κ2) is 8.78. The predicted molar refractivity (Wildman–Crippen MR) is 118 cm³/mol. The molecule has 0 heterocycles. The molecular weight excluding hydrogens is 386 g/mol. The predicted octanol–water partition coefficient (Wildman–Crippen LogP) is 4.04. The van der Waals surface area contributed by atoms with Crippen molar-refractivity contribution in [3.63, 3.8) is 0 Å². The van der Waals surface area contributed by atoms with Gasteiger partial charge in [0.1, 0.15) is 6.54 Å². The van der Waals surface area contributed by atoms with Crippen LogP contribution in [0.3, 0.4) is 0 Å². The number of sulfonamides is 1. The van der Waals surface area contributed by atoms with Gasteiger partial charge in [-0.05, 0) is 56.2 Å². The molecule has 0 aliphatic carbocycles. The zero-order valence-corrected chi connectivity index (χ0v) is 18.7. The molecule has 0 atom stereocenters. The lowest BCUT2D eigenvalue weighted by Gasteiger charge is -2.24. The Hall–Kier alpha value is -2.67. The molecule has 2 rings (SSSR count). The zero-order chi connectivity index (χ0) is 21.8. The molecular formula is C22H29N3O3S. The van der Waals surface area contributed by atoms with Crippen molar-refractivity contribution in [2.24, 2.45) is 10.5 Å². The number of hydrogen-bond donors (Lipinski definition) is 1. The lowest BCUT2D eigenvalue weighted by molar-refractivity contribution is -0.119. The van der Waals surface area contributed by atoms with Crippen LogP contribution in [0.2, 0.25) is 0 Å². The summed E-state index contributed by atoms with van der Waals surface area (Å²) < 4.78 is 27.7. The van der Waals surface area contributed by atoms with Gasteiger partial charge in [0.2, 0.25) is 0 Å². The maximum atomic E-state index is 13.3. The van der Waals surface area contributed by atoms with E-state index in [4.69, 9.17) is 0 Å². The van der Waals surface area contributed by atoms with Crippen molar-refractivity contribution in [2.75, 3.05) is 10.8 Å². The summed E-state index contributed by atoms with van der Waals surface area (Å²) in [6.45, 7) is 11.3. The van der Waals surface area contributed by atoms with E-state index in [2.05, 4.69) is 10.5 Å². The number of amides is 1. The van der Waals surface area contributed by atoms with Crippen LogP contribution in [0.15, 0.2) is 58.5 Å². The number of anilines is 1. The normalized spacial score (nSPS) is 12.6. The molecule has 0 saturated carbocycles. The van der Waals surface area contributed by atoms with Crippen LogP contribution < -0.4 is 9.73 Å². The van der Waals surface area contributed by atoms with Crippen molar-refractivity contribution < 1.29 is 13.2 Å². The van der Waals surface area contributed by atoms with Gasteiger partial charge in [-0.1, -0.05) is 45.0 Å². The third kappa shape index (κ3) is 5.67. The first-order valence-electron chi connectivity index (χ1n) is 9.41. The van der Waals surface area contributed by atoms with Gasteiger partial charge >= 0.3 is 0 Å². The van der Waals surface area contributed by atoms with E-state index in [1.54, 1.807) is 30.3 Å². The van der Waals surface area contributed by atoms with Gasteiger partial charge in [-0.3, -0.25) is 9.10 Å². The summed E-state index contributed by atoms with van der Waals surface area (Å²) in [4.78, 5) is 12.7. The van der Waals surface area contributed by atoms with E-state index in [9.17, 15) is 13.2 Å². The van der Waals surface area contributed by atoms with Crippen LogP contribution in [-0.2, 0) is 14.8 Å². The van der Waals surface area contributed by atoms with Crippen molar-refractivity contribution in [2.45, 2.75) is 46.4 Å². The van der Waals surface area contributed by atoms with Crippen LogP contribution in [0.25, 0.3) is 0 Å². The summed E-state index contributed by atoms with van der Waals surface area (Å²) in [7, 11) is -3.92. The maximum Gasteiger partial charge on any atom is 0.264 e. The molecule has 0 radical (unpaired) electrons. The largest absolute Gasteiger partial charge is 0.271 e. The van der Waals surface area contributed by atoms with E-state index < -0.39 is 15.9 Å². The molecule has 2 aromatic rings. The molecule has 7 heteroatoms. The highest BCUT2D eigenvalue weighted by atomic mass is 32.2. The molecule has 0 spiro atoms. The van der Waals surface area contributed by atoms with Gasteiger partial charge in [-0.15, -0.1) is 0 Å². The molecule has 2 aromatic carbocycles. The lowest BCUT2D eigenvalue weighted by atomic mass is 9.91. The quantitative estimate of drug-likeness (QED) is 0.571. The molecule has 0 unspecified atom stereocenters. The standard InChI is InChI=1S/C22H29N3O3S/c1-16-12-13-19(14-17(16)2)25(29(27,28)20-10-8-7-9-11-20)15-21(26)24-23-18(3)22(4,5)6/h7-14H,15H2,1-6H3,(H,24,26)/b23-18-. The topological polar surface area (TPSA) is 78.8 Å². The lowest BCUT2D eigenvalue weighted by Crippen LogP contribution is -2.40. The van der Waals surface area contributed by atoms with Crippen LogP contribution in [0.1, 0.15) is 38.8 Å². The molecule has 0 aliphatic rings. The van der Waals surface area contributed by atoms with Crippen LogP contribution in [0, 0.1) is 19.3 Å². The molecule has 0 bridgehead atoms. The molecule has 0 fully saturated rings. The Balaban J connectivity index is 2.40. The van der Waals surface area contributed by atoms with Crippen molar-refractivity contribution in [1.82, 2.24) is 5.43 Å². The second-order valence-corrected chi connectivity index (χ2v) is 9.94. The van der Waals surface area contributed by atoms with E-state index in [0.717, 1.165) is 21.1 Å². The molecule has 0 aliphatic heterocycles.